The normalized spacial score (nSPS) is 13.5. The fourth-order valence-electron chi connectivity index (χ4n) is 1.70. The summed E-state index contributed by atoms with van der Waals surface area (Å²) < 4.78 is 0. The molecule has 92 valence electrons. The van der Waals surface area contributed by atoms with Crippen molar-refractivity contribution >= 4 is 17.2 Å². The number of para-hydroxylation sites is 1. The van der Waals surface area contributed by atoms with Crippen LogP contribution < -0.4 is 0 Å². The van der Waals surface area contributed by atoms with Gasteiger partial charge in [-0.25, -0.2) is 0 Å². The molecular formula is C14H19NO2. The second-order valence-electron chi connectivity index (χ2n) is 4.21. The van der Waals surface area contributed by atoms with Crippen LogP contribution in [0.2, 0.25) is 0 Å². The summed E-state index contributed by atoms with van der Waals surface area (Å²) in [6.07, 6.45) is 0.509. The Balaban J connectivity index is 3.01. The fraction of sp³-hybridized carbons (Fsp3) is 0.429. The maximum Gasteiger partial charge on any atom is 0.135 e. The van der Waals surface area contributed by atoms with Crippen molar-refractivity contribution in [3.63, 3.8) is 0 Å². The molecule has 0 saturated carbocycles. The lowest BCUT2D eigenvalue weighted by molar-refractivity contribution is -0.115. The van der Waals surface area contributed by atoms with Gasteiger partial charge in [-0.2, -0.15) is 0 Å². The Hall–Kier alpha value is -1.48. The van der Waals surface area contributed by atoms with Crippen molar-refractivity contribution in [3.8, 4) is 0 Å². The molecule has 1 N–H and O–H groups in total. The summed E-state index contributed by atoms with van der Waals surface area (Å²) in [5, 5.41) is 9.87. The van der Waals surface area contributed by atoms with Crippen molar-refractivity contribution in [1.29, 1.82) is 0 Å². The highest BCUT2D eigenvalue weighted by Gasteiger charge is 2.09. The summed E-state index contributed by atoms with van der Waals surface area (Å²) in [5.41, 5.74) is 2.34. The van der Waals surface area contributed by atoms with Crippen molar-refractivity contribution in [2.24, 2.45) is 4.99 Å². The van der Waals surface area contributed by atoms with E-state index in [1.54, 1.807) is 6.92 Å². The van der Waals surface area contributed by atoms with Gasteiger partial charge in [0, 0.05) is 17.7 Å². The molecule has 0 spiro atoms. The first-order chi connectivity index (χ1) is 8.04. The third kappa shape index (κ3) is 4.11. The minimum Gasteiger partial charge on any atom is -0.388 e. The zero-order valence-electron chi connectivity index (χ0n) is 10.6. The van der Waals surface area contributed by atoms with Crippen molar-refractivity contribution in [3.05, 3.63) is 29.8 Å². The number of nitrogens with zero attached hydrogens (tertiary/aromatic N) is 1. The summed E-state index contributed by atoms with van der Waals surface area (Å²) in [6, 6.07) is 7.49. The minimum absolute atomic E-state index is 0.0970. The summed E-state index contributed by atoms with van der Waals surface area (Å²) in [5.74, 6) is 0.0970. The van der Waals surface area contributed by atoms with E-state index in [2.05, 4.69) is 4.99 Å². The van der Waals surface area contributed by atoms with Crippen LogP contribution in [0, 0.1) is 0 Å². The number of aliphatic imine (C=N–C) groups is 1. The zero-order valence-corrected chi connectivity index (χ0v) is 10.6. The fourth-order valence-corrected chi connectivity index (χ4v) is 1.70. The molecule has 3 heteroatoms. The molecule has 1 aromatic carbocycles. The highest BCUT2D eigenvalue weighted by atomic mass is 16.3. The molecular weight excluding hydrogens is 214 g/mol. The van der Waals surface area contributed by atoms with Gasteiger partial charge in [-0.1, -0.05) is 25.1 Å². The van der Waals surface area contributed by atoms with Gasteiger partial charge < -0.3 is 5.11 Å². The Bertz CT molecular complexity index is 424. The maximum absolute atomic E-state index is 11.0. The lowest BCUT2D eigenvalue weighted by Crippen LogP contribution is -2.01. The predicted octanol–water partition coefficient (Wildman–Crippen LogP) is 3.20. The molecule has 0 amide bonds. The summed E-state index contributed by atoms with van der Waals surface area (Å²) >= 11 is 0. The van der Waals surface area contributed by atoms with Crippen molar-refractivity contribution in [1.82, 2.24) is 0 Å². The number of rotatable bonds is 5. The molecule has 0 saturated heterocycles. The van der Waals surface area contributed by atoms with Crippen molar-refractivity contribution in [2.75, 3.05) is 0 Å². The molecule has 1 rings (SSSR count). The summed E-state index contributed by atoms with van der Waals surface area (Å²) in [4.78, 5) is 15.4. The number of aliphatic hydroxyl groups excluding tert-OH is 1. The van der Waals surface area contributed by atoms with Gasteiger partial charge in [0.25, 0.3) is 0 Å². The maximum atomic E-state index is 11.0. The van der Waals surface area contributed by atoms with Crippen molar-refractivity contribution in [2.45, 2.75) is 39.7 Å². The molecule has 0 heterocycles. The van der Waals surface area contributed by atoms with Crippen LogP contribution in [-0.2, 0) is 4.79 Å². The van der Waals surface area contributed by atoms with Gasteiger partial charge in [-0.3, -0.25) is 9.79 Å². The monoisotopic (exact) mass is 233 g/mol. The Kier molecular flexibility index (Phi) is 5.04. The largest absolute Gasteiger partial charge is 0.388 e. The summed E-state index contributed by atoms with van der Waals surface area (Å²) in [6.45, 7) is 5.30. The second-order valence-corrected chi connectivity index (χ2v) is 4.21. The quantitative estimate of drug-likeness (QED) is 0.794. The van der Waals surface area contributed by atoms with E-state index in [1.165, 1.54) is 0 Å². The highest BCUT2D eigenvalue weighted by Crippen LogP contribution is 2.27. The number of ketones is 1. The van der Waals surface area contributed by atoms with Gasteiger partial charge in [0.15, 0.2) is 0 Å². The summed E-state index contributed by atoms with van der Waals surface area (Å²) in [7, 11) is 0. The minimum atomic E-state index is -0.500. The Labute approximate surface area is 102 Å². The van der Waals surface area contributed by atoms with Gasteiger partial charge in [0.2, 0.25) is 0 Å². The van der Waals surface area contributed by atoms with Crippen molar-refractivity contribution < 1.29 is 9.90 Å². The second kappa shape index (κ2) is 6.30. The third-order valence-electron chi connectivity index (χ3n) is 2.50. The van der Waals surface area contributed by atoms with Gasteiger partial charge in [-0.05, 0) is 26.3 Å². The Morgan fingerprint density at radius 2 is 2.00 bits per heavy atom. The van der Waals surface area contributed by atoms with Crippen LogP contribution in [0.1, 0.15) is 45.3 Å². The molecule has 1 unspecified atom stereocenters. The van der Waals surface area contributed by atoms with E-state index in [0.29, 0.717) is 12.8 Å². The van der Waals surface area contributed by atoms with E-state index in [1.807, 2.05) is 38.1 Å². The number of Topliss-reactive ketones (excluding diaryl/α,β-unsaturated/α-hetero) is 1. The van der Waals surface area contributed by atoms with Crippen LogP contribution in [0.25, 0.3) is 0 Å². The van der Waals surface area contributed by atoms with E-state index in [-0.39, 0.29) is 5.78 Å². The lowest BCUT2D eigenvalue weighted by atomic mass is 10.1. The highest BCUT2D eigenvalue weighted by molar-refractivity contribution is 6.00. The Morgan fingerprint density at radius 3 is 2.59 bits per heavy atom. The van der Waals surface area contributed by atoms with Crippen LogP contribution >= 0.6 is 0 Å². The topological polar surface area (TPSA) is 49.7 Å². The SMILES string of the molecule is CCC(O)c1ccccc1N=C(C)CC(C)=O. The first kappa shape index (κ1) is 13.6. The molecule has 1 aromatic rings. The van der Waals surface area contributed by atoms with E-state index in [0.717, 1.165) is 17.0 Å². The lowest BCUT2D eigenvalue weighted by Gasteiger charge is -2.11. The van der Waals surface area contributed by atoms with Gasteiger partial charge >= 0.3 is 0 Å². The molecule has 0 fully saturated rings. The van der Waals surface area contributed by atoms with E-state index >= 15 is 0 Å². The standard InChI is InChI=1S/C14H19NO2/c1-4-14(17)12-7-5-6-8-13(12)15-10(2)9-11(3)16/h5-8,14,17H,4,9H2,1-3H3. The number of hydrogen-bond donors (Lipinski definition) is 1. The molecule has 3 nitrogen and oxygen atoms in total. The molecule has 0 aliphatic carbocycles. The molecule has 17 heavy (non-hydrogen) atoms. The molecule has 0 bridgehead atoms. The van der Waals surface area contributed by atoms with Crippen LogP contribution in [0.15, 0.2) is 29.3 Å². The first-order valence-corrected chi connectivity index (χ1v) is 5.85. The van der Waals surface area contributed by atoms with Crippen LogP contribution in [0.3, 0.4) is 0 Å². The average molecular weight is 233 g/mol. The molecule has 1 atom stereocenters. The van der Waals surface area contributed by atoms with Crippen LogP contribution in [0.4, 0.5) is 5.69 Å². The zero-order chi connectivity index (χ0) is 12.8. The molecule has 0 aliphatic heterocycles. The number of hydrogen-bond acceptors (Lipinski definition) is 3. The van der Waals surface area contributed by atoms with E-state index in [4.69, 9.17) is 0 Å². The number of benzene rings is 1. The first-order valence-electron chi connectivity index (χ1n) is 5.85. The number of carbonyl (C=O) groups is 1. The number of carbonyl (C=O) groups excluding carboxylic acids is 1. The van der Waals surface area contributed by atoms with E-state index < -0.39 is 6.10 Å². The predicted molar refractivity (Wildman–Crippen MR) is 69.8 cm³/mol. The van der Waals surface area contributed by atoms with Gasteiger partial charge in [0.05, 0.1) is 11.8 Å². The Morgan fingerprint density at radius 1 is 1.35 bits per heavy atom. The van der Waals surface area contributed by atoms with Crippen LogP contribution in [0.5, 0.6) is 0 Å². The van der Waals surface area contributed by atoms with Crippen LogP contribution in [-0.4, -0.2) is 16.6 Å². The smallest absolute Gasteiger partial charge is 0.135 e. The molecule has 0 aliphatic rings. The molecule has 0 radical (unpaired) electrons. The van der Waals surface area contributed by atoms with Gasteiger partial charge in [-0.15, -0.1) is 0 Å². The average Bonchev–Trinajstić information content (AvgIpc) is 2.27. The molecule has 0 aromatic heterocycles. The third-order valence-corrected chi connectivity index (χ3v) is 2.50. The van der Waals surface area contributed by atoms with Gasteiger partial charge in [0.1, 0.15) is 5.78 Å². The van der Waals surface area contributed by atoms with E-state index in [9.17, 15) is 9.90 Å². The number of aliphatic hydroxyl groups is 1.